The maximum absolute atomic E-state index is 3.64. The summed E-state index contributed by atoms with van der Waals surface area (Å²) in [6.07, 6.45) is 9.25. The van der Waals surface area contributed by atoms with Crippen molar-refractivity contribution in [3.05, 3.63) is 0 Å². The van der Waals surface area contributed by atoms with E-state index in [9.17, 15) is 0 Å². The summed E-state index contributed by atoms with van der Waals surface area (Å²) in [5.74, 6) is 0. The lowest BCUT2D eigenvalue weighted by atomic mass is 9.84. The van der Waals surface area contributed by atoms with Crippen LogP contribution in [0.3, 0.4) is 0 Å². The third-order valence-electron chi connectivity index (χ3n) is 3.70. The maximum Gasteiger partial charge on any atom is 0.0281 e. The summed E-state index contributed by atoms with van der Waals surface area (Å²) in [4.78, 5) is 0. The summed E-state index contributed by atoms with van der Waals surface area (Å²) in [7, 11) is 0. The lowest BCUT2D eigenvalue weighted by Gasteiger charge is -2.40. The van der Waals surface area contributed by atoms with Crippen molar-refractivity contribution in [2.45, 2.75) is 42.9 Å². The zero-order valence-corrected chi connectivity index (χ0v) is 9.96. The molecule has 0 amide bonds. The van der Waals surface area contributed by atoms with Gasteiger partial charge < -0.3 is 10.6 Å². The van der Waals surface area contributed by atoms with Gasteiger partial charge in [0.05, 0.1) is 0 Å². The molecule has 1 saturated carbocycles. The van der Waals surface area contributed by atoms with E-state index in [0.717, 1.165) is 6.04 Å². The number of nitrogens with one attached hydrogen (secondary N) is 2. The molecule has 2 aliphatic rings. The fourth-order valence-electron chi connectivity index (χ4n) is 2.43. The van der Waals surface area contributed by atoms with Crippen LogP contribution in [0.25, 0.3) is 0 Å². The lowest BCUT2D eigenvalue weighted by molar-refractivity contribution is 0.340. The van der Waals surface area contributed by atoms with Crippen LogP contribution in [-0.4, -0.2) is 36.7 Å². The second-order valence-corrected chi connectivity index (χ2v) is 5.94. The molecule has 1 heterocycles. The van der Waals surface area contributed by atoms with Crippen LogP contribution in [0.4, 0.5) is 0 Å². The Labute approximate surface area is 91.6 Å². The first-order valence-corrected chi connectivity index (χ1v) is 7.06. The number of hydrogen-bond donors (Lipinski definition) is 2. The SMILES string of the molecule is CSC1(CNCC2CCCN2)CCC1. The van der Waals surface area contributed by atoms with Gasteiger partial charge in [0.1, 0.15) is 0 Å². The summed E-state index contributed by atoms with van der Waals surface area (Å²) in [5.41, 5.74) is 0. The van der Waals surface area contributed by atoms with Gasteiger partial charge >= 0.3 is 0 Å². The van der Waals surface area contributed by atoms with Crippen LogP contribution in [0.5, 0.6) is 0 Å². The third-order valence-corrected chi connectivity index (χ3v) is 5.12. The molecule has 0 aromatic rings. The molecule has 0 spiro atoms. The van der Waals surface area contributed by atoms with Crippen LogP contribution < -0.4 is 10.6 Å². The molecular weight excluding hydrogens is 192 g/mol. The van der Waals surface area contributed by atoms with Gasteiger partial charge in [-0.3, -0.25) is 0 Å². The van der Waals surface area contributed by atoms with Crippen LogP contribution in [0.15, 0.2) is 0 Å². The van der Waals surface area contributed by atoms with E-state index in [0.29, 0.717) is 4.75 Å². The highest BCUT2D eigenvalue weighted by Gasteiger charge is 2.35. The highest BCUT2D eigenvalue weighted by Crippen LogP contribution is 2.42. The van der Waals surface area contributed by atoms with Gasteiger partial charge in [-0.05, 0) is 38.5 Å². The topological polar surface area (TPSA) is 24.1 Å². The largest absolute Gasteiger partial charge is 0.314 e. The molecule has 2 fully saturated rings. The van der Waals surface area contributed by atoms with E-state index in [1.807, 2.05) is 0 Å². The second kappa shape index (κ2) is 4.86. The minimum absolute atomic E-state index is 0.596. The molecule has 0 radical (unpaired) electrons. The molecule has 0 aromatic heterocycles. The number of rotatable bonds is 5. The van der Waals surface area contributed by atoms with E-state index < -0.39 is 0 Å². The summed E-state index contributed by atoms with van der Waals surface area (Å²) < 4.78 is 0.596. The Morgan fingerprint density at radius 2 is 2.29 bits per heavy atom. The number of hydrogen-bond acceptors (Lipinski definition) is 3. The Bertz CT molecular complexity index is 169. The van der Waals surface area contributed by atoms with E-state index in [1.165, 1.54) is 51.7 Å². The highest BCUT2D eigenvalue weighted by molar-refractivity contribution is 8.00. The van der Waals surface area contributed by atoms with Crippen molar-refractivity contribution in [2.75, 3.05) is 25.9 Å². The normalized spacial score (nSPS) is 30.2. The first kappa shape index (κ1) is 10.8. The molecule has 0 aromatic carbocycles. The predicted octanol–water partition coefficient (Wildman–Crippen LogP) is 1.61. The number of thioether (sulfide) groups is 1. The van der Waals surface area contributed by atoms with Gasteiger partial charge in [0.25, 0.3) is 0 Å². The molecule has 0 bridgehead atoms. The zero-order chi connectivity index (χ0) is 9.86. The fraction of sp³-hybridized carbons (Fsp3) is 1.00. The van der Waals surface area contributed by atoms with E-state index in [1.54, 1.807) is 0 Å². The minimum Gasteiger partial charge on any atom is -0.314 e. The zero-order valence-electron chi connectivity index (χ0n) is 9.14. The van der Waals surface area contributed by atoms with Crippen molar-refractivity contribution in [1.82, 2.24) is 10.6 Å². The minimum atomic E-state index is 0.596. The van der Waals surface area contributed by atoms with Gasteiger partial charge in [-0.25, -0.2) is 0 Å². The van der Waals surface area contributed by atoms with Gasteiger partial charge in [0.15, 0.2) is 0 Å². The summed E-state index contributed by atoms with van der Waals surface area (Å²) >= 11 is 2.06. The van der Waals surface area contributed by atoms with Gasteiger partial charge in [-0.1, -0.05) is 6.42 Å². The Hall–Kier alpha value is 0.270. The third kappa shape index (κ3) is 2.44. The second-order valence-electron chi connectivity index (χ2n) is 4.66. The average Bonchev–Trinajstić information content (AvgIpc) is 2.62. The van der Waals surface area contributed by atoms with Crippen LogP contribution in [-0.2, 0) is 0 Å². The van der Waals surface area contributed by atoms with Gasteiger partial charge in [0, 0.05) is 23.9 Å². The van der Waals surface area contributed by atoms with Crippen molar-refractivity contribution in [3.63, 3.8) is 0 Å². The van der Waals surface area contributed by atoms with Crippen LogP contribution in [0.2, 0.25) is 0 Å². The molecule has 2 nitrogen and oxygen atoms in total. The molecule has 1 saturated heterocycles. The van der Waals surface area contributed by atoms with E-state index in [-0.39, 0.29) is 0 Å². The van der Waals surface area contributed by atoms with Gasteiger partial charge in [-0.15, -0.1) is 0 Å². The summed E-state index contributed by atoms with van der Waals surface area (Å²) in [5, 5.41) is 7.17. The van der Waals surface area contributed by atoms with E-state index in [4.69, 9.17) is 0 Å². The molecule has 3 heteroatoms. The highest BCUT2D eigenvalue weighted by atomic mass is 32.2. The van der Waals surface area contributed by atoms with Crippen LogP contribution >= 0.6 is 11.8 Å². The molecular formula is C11H22N2S. The molecule has 1 unspecified atom stereocenters. The predicted molar refractivity (Wildman–Crippen MR) is 64.0 cm³/mol. The van der Waals surface area contributed by atoms with Crippen molar-refractivity contribution >= 4 is 11.8 Å². The van der Waals surface area contributed by atoms with E-state index >= 15 is 0 Å². The molecule has 2 N–H and O–H groups in total. The average molecular weight is 214 g/mol. The van der Waals surface area contributed by atoms with Crippen molar-refractivity contribution < 1.29 is 0 Å². The summed E-state index contributed by atoms with van der Waals surface area (Å²) in [6, 6.07) is 0.744. The van der Waals surface area contributed by atoms with Gasteiger partial charge in [0.2, 0.25) is 0 Å². The standard InChI is InChI=1S/C11H22N2S/c1-14-11(5-3-6-11)9-12-8-10-4-2-7-13-10/h10,12-13H,2-9H2,1H3. The lowest BCUT2D eigenvalue weighted by Crippen LogP contribution is -2.46. The molecule has 1 aliphatic heterocycles. The molecule has 82 valence electrons. The molecule has 1 atom stereocenters. The van der Waals surface area contributed by atoms with Crippen LogP contribution in [0.1, 0.15) is 32.1 Å². The Morgan fingerprint density at radius 3 is 2.79 bits per heavy atom. The van der Waals surface area contributed by atoms with Crippen molar-refractivity contribution in [2.24, 2.45) is 0 Å². The monoisotopic (exact) mass is 214 g/mol. The van der Waals surface area contributed by atoms with E-state index in [2.05, 4.69) is 28.7 Å². The fourth-order valence-corrected chi connectivity index (χ4v) is 3.37. The Balaban J connectivity index is 1.61. The summed E-state index contributed by atoms with van der Waals surface area (Å²) in [6.45, 7) is 3.61. The Kier molecular flexibility index (Phi) is 3.74. The van der Waals surface area contributed by atoms with Crippen LogP contribution in [0, 0.1) is 0 Å². The van der Waals surface area contributed by atoms with Gasteiger partial charge in [-0.2, -0.15) is 11.8 Å². The van der Waals surface area contributed by atoms with Crippen molar-refractivity contribution in [3.8, 4) is 0 Å². The first-order chi connectivity index (χ1) is 6.85. The molecule has 2 rings (SSSR count). The first-order valence-electron chi connectivity index (χ1n) is 5.84. The molecule has 14 heavy (non-hydrogen) atoms. The smallest absolute Gasteiger partial charge is 0.0281 e. The Morgan fingerprint density at radius 1 is 1.43 bits per heavy atom. The maximum atomic E-state index is 3.64. The quantitative estimate of drug-likeness (QED) is 0.727. The molecule has 1 aliphatic carbocycles. The van der Waals surface area contributed by atoms with Crippen molar-refractivity contribution in [1.29, 1.82) is 0 Å².